The van der Waals surface area contributed by atoms with E-state index in [1.165, 1.54) is 0 Å². The van der Waals surface area contributed by atoms with Crippen LogP contribution in [0.5, 0.6) is 0 Å². The number of aryl methyl sites for hydroxylation is 3. The first kappa shape index (κ1) is 13.5. The van der Waals surface area contributed by atoms with Crippen LogP contribution in [0.4, 0.5) is 0 Å². The zero-order chi connectivity index (χ0) is 14.4. The molecule has 6 heteroatoms. The minimum absolute atomic E-state index is 0.371. The molecular formula is C14H12BrClN4. The molecule has 4 nitrogen and oxygen atoms in total. The molecule has 0 saturated heterocycles. The van der Waals surface area contributed by atoms with E-state index in [4.69, 9.17) is 11.6 Å². The van der Waals surface area contributed by atoms with Crippen LogP contribution in [-0.2, 0) is 0 Å². The van der Waals surface area contributed by atoms with E-state index >= 15 is 0 Å². The highest BCUT2D eigenvalue weighted by Gasteiger charge is 2.17. The van der Waals surface area contributed by atoms with E-state index in [9.17, 15) is 0 Å². The Labute approximate surface area is 129 Å². The van der Waals surface area contributed by atoms with Crippen LogP contribution in [-0.4, -0.2) is 19.6 Å². The van der Waals surface area contributed by atoms with Gasteiger partial charge in [-0.05, 0) is 32.9 Å². The monoisotopic (exact) mass is 350 g/mol. The summed E-state index contributed by atoms with van der Waals surface area (Å²) in [7, 11) is 0. The number of hydrogen-bond donors (Lipinski definition) is 0. The van der Waals surface area contributed by atoms with E-state index < -0.39 is 0 Å². The highest BCUT2D eigenvalue weighted by Crippen LogP contribution is 2.30. The van der Waals surface area contributed by atoms with Crippen LogP contribution in [0.1, 0.15) is 17.0 Å². The van der Waals surface area contributed by atoms with Crippen molar-refractivity contribution in [2.45, 2.75) is 20.8 Å². The third-order valence-electron chi connectivity index (χ3n) is 3.34. The molecule has 0 fully saturated rings. The fourth-order valence-electron chi connectivity index (χ4n) is 2.16. The van der Waals surface area contributed by atoms with Gasteiger partial charge in [-0.3, -0.25) is 4.40 Å². The zero-order valence-electron chi connectivity index (χ0n) is 11.3. The normalized spacial score (nSPS) is 11.2. The van der Waals surface area contributed by atoms with Crippen molar-refractivity contribution in [3.8, 4) is 11.4 Å². The second-order valence-corrected chi connectivity index (χ2v) is 5.95. The topological polar surface area (TPSA) is 43.1 Å². The maximum atomic E-state index is 6.16. The number of fused-ring (bicyclic) bond motifs is 1. The first-order chi connectivity index (χ1) is 9.49. The van der Waals surface area contributed by atoms with Gasteiger partial charge in [0.05, 0.1) is 5.69 Å². The van der Waals surface area contributed by atoms with Gasteiger partial charge in [0.1, 0.15) is 0 Å². The number of aromatic nitrogens is 4. The van der Waals surface area contributed by atoms with Crippen molar-refractivity contribution in [1.29, 1.82) is 0 Å². The SMILES string of the molecule is Cc1ccc(Br)c(-c2nnc3c(Cl)nc(C)c(C)n23)c1. The van der Waals surface area contributed by atoms with Crippen LogP contribution >= 0.6 is 27.5 Å². The number of nitrogens with zero attached hydrogens (tertiary/aromatic N) is 4. The molecular weight excluding hydrogens is 340 g/mol. The van der Waals surface area contributed by atoms with Gasteiger partial charge in [0.15, 0.2) is 16.6 Å². The van der Waals surface area contributed by atoms with Gasteiger partial charge in [0, 0.05) is 15.7 Å². The van der Waals surface area contributed by atoms with Crippen molar-refractivity contribution >= 4 is 33.2 Å². The van der Waals surface area contributed by atoms with Crippen LogP contribution in [0.3, 0.4) is 0 Å². The molecule has 0 unspecified atom stereocenters. The van der Waals surface area contributed by atoms with Crippen molar-refractivity contribution < 1.29 is 0 Å². The Morgan fingerprint density at radius 2 is 1.90 bits per heavy atom. The van der Waals surface area contributed by atoms with Gasteiger partial charge in [-0.25, -0.2) is 4.98 Å². The number of rotatable bonds is 1. The molecule has 1 aromatic carbocycles. The minimum atomic E-state index is 0.371. The Balaban J connectivity index is 2.41. The Morgan fingerprint density at radius 1 is 1.15 bits per heavy atom. The number of hydrogen-bond acceptors (Lipinski definition) is 3. The van der Waals surface area contributed by atoms with Gasteiger partial charge < -0.3 is 0 Å². The van der Waals surface area contributed by atoms with Gasteiger partial charge >= 0.3 is 0 Å². The summed E-state index contributed by atoms with van der Waals surface area (Å²) in [6, 6.07) is 6.13. The van der Waals surface area contributed by atoms with Crippen LogP contribution < -0.4 is 0 Å². The van der Waals surface area contributed by atoms with Crippen molar-refractivity contribution in [3.63, 3.8) is 0 Å². The number of benzene rings is 1. The van der Waals surface area contributed by atoms with Crippen molar-refractivity contribution in [2.75, 3.05) is 0 Å². The van der Waals surface area contributed by atoms with Gasteiger partial charge in [-0.1, -0.05) is 39.2 Å². The summed E-state index contributed by atoms with van der Waals surface area (Å²) in [5, 5.41) is 8.82. The van der Waals surface area contributed by atoms with E-state index in [1.54, 1.807) is 0 Å². The Bertz CT molecular complexity index is 826. The second-order valence-electron chi connectivity index (χ2n) is 4.74. The first-order valence-corrected chi connectivity index (χ1v) is 7.30. The predicted molar refractivity (Wildman–Crippen MR) is 83.1 cm³/mol. The second kappa shape index (κ2) is 4.82. The first-order valence-electron chi connectivity index (χ1n) is 6.13. The van der Waals surface area contributed by atoms with E-state index in [2.05, 4.69) is 37.2 Å². The van der Waals surface area contributed by atoms with Gasteiger partial charge in [0.2, 0.25) is 0 Å². The molecule has 2 aromatic heterocycles. The minimum Gasteiger partial charge on any atom is -0.275 e. The molecule has 0 spiro atoms. The summed E-state index contributed by atoms with van der Waals surface area (Å²) in [6.07, 6.45) is 0. The Morgan fingerprint density at radius 3 is 2.65 bits per heavy atom. The highest BCUT2D eigenvalue weighted by molar-refractivity contribution is 9.10. The van der Waals surface area contributed by atoms with Gasteiger partial charge in [-0.15, -0.1) is 10.2 Å². The van der Waals surface area contributed by atoms with Crippen LogP contribution in [0.15, 0.2) is 22.7 Å². The van der Waals surface area contributed by atoms with Gasteiger partial charge in [-0.2, -0.15) is 0 Å². The maximum Gasteiger partial charge on any atom is 0.199 e. The quantitative estimate of drug-likeness (QED) is 0.662. The van der Waals surface area contributed by atoms with Crippen LogP contribution in [0.2, 0.25) is 5.15 Å². The average molecular weight is 352 g/mol. The lowest BCUT2D eigenvalue weighted by molar-refractivity contribution is 0.999. The lowest BCUT2D eigenvalue weighted by Crippen LogP contribution is -2.01. The molecule has 0 bridgehead atoms. The van der Waals surface area contributed by atoms with E-state index in [0.29, 0.717) is 10.8 Å². The average Bonchev–Trinajstić information content (AvgIpc) is 2.84. The zero-order valence-corrected chi connectivity index (χ0v) is 13.6. The molecule has 0 aliphatic rings. The standard InChI is InChI=1S/C14H12BrClN4/c1-7-4-5-11(15)10(6-7)13-18-19-14-12(16)17-8(2)9(3)20(13)14/h4-6H,1-3H3. The molecule has 2 heterocycles. The fourth-order valence-corrected chi connectivity index (χ4v) is 2.83. The fraction of sp³-hybridized carbons (Fsp3) is 0.214. The molecule has 0 radical (unpaired) electrons. The predicted octanol–water partition coefficient (Wildman–Crippen LogP) is 4.13. The van der Waals surface area contributed by atoms with Crippen molar-refractivity contribution in [3.05, 3.63) is 44.8 Å². The van der Waals surface area contributed by atoms with Crippen molar-refractivity contribution in [2.24, 2.45) is 0 Å². The molecule has 0 aliphatic heterocycles. The summed E-state index contributed by atoms with van der Waals surface area (Å²) in [4.78, 5) is 4.28. The maximum absolute atomic E-state index is 6.16. The molecule has 0 N–H and O–H groups in total. The van der Waals surface area contributed by atoms with E-state index in [0.717, 1.165) is 32.8 Å². The molecule has 3 rings (SSSR count). The molecule has 0 amide bonds. The smallest absolute Gasteiger partial charge is 0.199 e. The summed E-state index contributed by atoms with van der Waals surface area (Å²) < 4.78 is 2.92. The third kappa shape index (κ3) is 2.01. The molecule has 3 aromatic rings. The third-order valence-corrected chi connectivity index (χ3v) is 4.28. The molecule has 0 saturated carbocycles. The Kier molecular flexibility index (Phi) is 3.26. The lowest BCUT2D eigenvalue weighted by Gasteiger charge is -2.09. The van der Waals surface area contributed by atoms with Crippen molar-refractivity contribution in [1.82, 2.24) is 19.6 Å². The summed E-state index contributed by atoms with van der Waals surface area (Å²) in [5.41, 5.74) is 4.58. The van der Waals surface area contributed by atoms with E-state index in [-0.39, 0.29) is 0 Å². The highest BCUT2D eigenvalue weighted by atomic mass is 79.9. The van der Waals surface area contributed by atoms with Crippen LogP contribution in [0.25, 0.3) is 17.0 Å². The summed E-state index contributed by atoms with van der Waals surface area (Å²) >= 11 is 9.73. The van der Waals surface area contributed by atoms with Crippen LogP contribution in [0, 0.1) is 20.8 Å². The largest absolute Gasteiger partial charge is 0.275 e. The molecule has 0 atom stereocenters. The molecule has 102 valence electrons. The Hall–Kier alpha value is -1.46. The summed E-state index contributed by atoms with van der Waals surface area (Å²) in [5.74, 6) is 0.764. The summed E-state index contributed by atoms with van der Waals surface area (Å²) in [6.45, 7) is 5.96. The van der Waals surface area contributed by atoms with Gasteiger partial charge in [0.25, 0.3) is 0 Å². The van der Waals surface area contributed by atoms with E-state index in [1.807, 2.05) is 37.3 Å². The lowest BCUT2D eigenvalue weighted by atomic mass is 10.1. The molecule has 20 heavy (non-hydrogen) atoms. The number of halogens is 2. The molecule has 0 aliphatic carbocycles.